The number of halogens is 1. The molecular weight excluding hydrogens is 454 g/mol. The van der Waals surface area contributed by atoms with Crippen LogP contribution in [0.1, 0.15) is 11.1 Å². The van der Waals surface area contributed by atoms with Crippen LogP contribution in [0, 0.1) is 0 Å². The maximum atomic E-state index is 13.2. The molecule has 3 aromatic carbocycles. The van der Waals surface area contributed by atoms with Crippen LogP contribution in [0.4, 0.5) is 10.5 Å². The number of para-hydroxylation sites is 1. The molecule has 8 heteroatoms. The molecule has 0 saturated heterocycles. The first-order valence-electron chi connectivity index (χ1n) is 10.9. The number of urea groups is 1. The van der Waals surface area contributed by atoms with E-state index >= 15 is 0 Å². The molecule has 1 aliphatic heterocycles. The standard InChI is InChI=1S/C26H22ClN3O4/c27-20-8-6-17(7-9-20)15-30(26(32)28-21-4-2-1-3-5-21)16-19-12-18-13-23-24(34-11-10-33-23)14-22(18)29-25(19)31/h1-9,12-14H,10-11,15-16H2,(H,28,32)(H,29,31). The van der Waals surface area contributed by atoms with Crippen LogP contribution in [0.25, 0.3) is 10.9 Å². The zero-order chi connectivity index (χ0) is 23.5. The van der Waals surface area contributed by atoms with E-state index in [1.54, 1.807) is 29.2 Å². The predicted octanol–water partition coefficient (Wildman–Crippen LogP) is 5.19. The largest absolute Gasteiger partial charge is 0.486 e. The number of rotatable bonds is 5. The highest BCUT2D eigenvalue weighted by Crippen LogP contribution is 2.33. The Morgan fingerprint density at radius 3 is 2.38 bits per heavy atom. The van der Waals surface area contributed by atoms with Crippen molar-refractivity contribution in [1.29, 1.82) is 0 Å². The lowest BCUT2D eigenvalue weighted by Gasteiger charge is -2.24. The van der Waals surface area contributed by atoms with Crippen LogP contribution in [-0.4, -0.2) is 29.1 Å². The van der Waals surface area contributed by atoms with Crippen LogP contribution in [0.3, 0.4) is 0 Å². The molecule has 7 nitrogen and oxygen atoms in total. The van der Waals surface area contributed by atoms with Crippen LogP contribution in [0.5, 0.6) is 11.5 Å². The SMILES string of the molecule is O=C(Nc1ccccc1)N(Cc1ccc(Cl)cc1)Cc1cc2cc3c(cc2[nH]c1=O)OCCO3. The minimum atomic E-state index is -0.317. The molecule has 0 unspecified atom stereocenters. The van der Waals surface area contributed by atoms with Crippen LogP contribution in [0.15, 0.2) is 77.6 Å². The molecule has 0 bridgehead atoms. The molecule has 0 saturated carbocycles. The first-order valence-corrected chi connectivity index (χ1v) is 11.2. The molecule has 0 fully saturated rings. The number of pyridine rings is 1. The summed E-state index contributed by atoms with van der Waals surface area (Å²) in [4.78, 5) is 30.6. The summed E-state index contributed by atoms with van der Waals surface area (Å²) in [5.74, 6) is 1.24. The number of carbonyl (C=O) groups is 1. The molecule has 5 rings (SSSR count). The van der Waals surface area contributed by atoms with Gasteiger partial charge >= 0.3 is 6.03 Å². The summed E-state index contributed by atoms with van der Waals surface area (Å²) in [6.07, 6.45) is 0. The summed E-state index contributed by atoms with van der Waals surface area (Å²) in [5.41, 5.74) is 2.41. The lowest BCUT2D eigenvalue weighted by Crippen LogP contribution is -2.35. The first kappa shape index (κ1) is 21.9. The average molecular weight is 476 g/mol. The number of anilines is 1. The minimum absolute atomic E-state index is 0.112. The van der Waals surface area contributed by atoms with Gasteiger partial charge in [0.2, 0.25) is 0 Å². The molecule has 34 heavy (non-hydrogen) atoms. The van der Waals surface area contributed by atoms with E-state index in [9.17, 15) is 9.59 Å². The van der Waals surface area contributed by atoms with Gasteiger partial charge in [-0.05, 0) is 42.0 Å². The predicted molar refractivity (Wildman–Crippen MR) is 132 cm³/mol. The van der Waals surface area contributed by atoms with Gasteiger partial charge in [0.25, 0.3) is 5.56 Å². The Bertz CT molecular complexity index is 1390. The zero-order valence-corrected chi connectivity index (χ0v) is 19.0. The molecule has 0 spiro atoms. The smallest absolute Gasteiger partial charge is 0.322 e. The number of H-pyrrole nitrogens is 1. The van der Waals surface area contributed by atoms with Gasteiger partial charge in [0.1, 0.15) is 13.2 Å². The van der Waals surface area contributed by atoms with E-state index in [0.29, 0.717) is 53.0 Å². The summed E-state index contributed by atoms with van der Waals surface area (Å²) in [6.45, 7) is 1.36. The lowest BCUT2D eigenvalue weighted by molar-refractivity contribution is 0.172. The summed E-state index contributed by atoms with van der Waals surface area (Å²) in [7, 11) is 0. The minimum Gasteiger partial charge on any atom is -0.486 e. The Labute approximate surface area is 200 Å². The van der Waals surface area contributed by atoms with Crippen molar-refractivity contribution in [1.82, 2.24) is 9.88 Å². The Kier molecular flexibility index (Phi) is 6.10. The van der Waals surface area contributed by atoms with Gasteiger partial charge in [-0.1, -0.05) is 41.9 Å². The van der Waals surface area contributed by atoms with Gasteiger partial charge in [-0.25, -0.2) is 4.79 Å². The highest BCUT2D eigenvalue weighted by molar-refractivity contribution is 6.30. The Morgan fingerprint density at radius 2 is 1.65 bits per heavy atom. The van der Waals surface area contributed by atoms with Gasteiger partial charge in [0.15, 0.2) is 11.5 Å². The topological polar surface area (TPSA) is 83.7 Å². The average Bonchev–Trinajstić information content (AvgIpc) is 2.85. The fourth-order valence-electron chi connectivity index (χ4n) is 3.84. The normalized spacial score (nSPS) is 12.4. The monoisotopic (exact) mass is 475 g/mol. The number of aromatic amines is 1. The number of amides is 2. The molecule has 2 heterocycles. The van der Waals surface area contributed by atoms with Crippen molar-refractivity contribution in [2.24, 2.45) is 0 Å². The zero-order valence-electron chi connectivity index (χ0n) is 18.2. The fourth-order valence-corrected chi connectivity index (χ4v) is 3.97. The molecule has 2 N–H and O–H groups in total. The molecule has 0 aliphatic carbocycles. The van der Waals surface area contributed by atoms with Gasteiger partial charge in [0.05, 0.1) is 12.1 Å². The van der Waals surface area contributed by atoms with E-state index in [-0.39, 0.29) is 18.1 Å². The Hall–Kier alpha value is -3.97. The summed E-state index contributed by atoms with van der Waals surface area (Å²) < 4.78 is 11.3. The first-order chi connectivity index (χ1) is 16.5. The van der Waals surface area contributed by atoms with E-state index in [1.165, 1.54) is 0 Å². The van der Waals surface area contributed by atoms with E-state index in [0.717, 1.165) is 10.9 Å². The van der Waals surface area contributed by atoms with Crippen molar-refractivity contribution in [2.45, 2.75) is 13.1 Å². The maximum Gasteiger partial charge on any atom is 0.322 e. The number of nitrogens with zero attached hydrogens (tertiary/aromatic N) is 1. The Morgan fingerprint density at radius 1 is 0.941 bits per heavy atom. The van der Waals surface area contributed by atoms with E-state index in [1.807, 2.05) is 48.5 Å². The molecule has 1 aromatic heterocycles. The van der Waals surface area contributed by atoms with Crippen molar-refractivity contribution in [3.8, 4) is 11.5 Å². The van der Waals surface area contributed by atoms with Crippen molar-refractivity contribution >= 4 is 34.2 Å². The molecule has 2 amide bonds. The van der Waals surface area contributed by atoms with Crippen LogP contribution >= 0.6 is 11.6 Å². The number of fused-ring (bicyclic) bond motifs is 2. The number of hydrogen-bond donors (Lipinski definition) is 2. The van der Waals surface area contributed by atoms with Crippen LogP contribution < -0.4 is 20.3 Å². The van der Waals surface area contributed by atoms with E-state index in [4.69, 9.17) is 21.1 Å². The maximum absolute atomic E-state index is 13.2. The number of hydrogen-bond acceptors (Lipinski definition) is 4. The molecule has 172 valence electrons. The van der Waals surface area contributed by atoms with E-state index < -0.39 is 0 Å². The van der Waals surface area contributed by atoms with Crippen molar-refractivity contribution in [3.05, 3.63) is 99.3 Å². The number of nitrogens with one attached hydrogen (secondary N) is 2. The van der Waals surface area contributed by atoms with Crippen molar-refractivity contribution in [3.63, 3.8) is 0 Å². The van der Waals surface area contributed by atoms with Gasteiger partial charge in [-0.15, -0.1) is 0 Å². The fraction of sp³-hybridized carbons (Fsp3) is 0.154. The lowest BCUT2D eigenvalue weighted by atomic mass is 10.1. The highest BCUT2D eigenvalue weighted by Gasteiger charge is 2.19. The van der Waals surface area contributed by atoms with Gasteiger partial charge in [-0.2, -0.15) is 0 Å². The quantitative estimate of drug-likeness (QED) is 0.416. The molecule has 4 aromatic rings. The second-order valence-electron chi connectivity index (χ2n) is 7.99. The summed E-state index contributed by atoms with van der Waals surface area (Å²) in [5, 5.41) is 4.32. The third-order valence-corrected chi connectivity index (χ3v) is 5.80. The molecular formula is C26H22ClN3O4. The van der Waals surface area contributed by atoms with Crippen LogP contribution in [0.2, 0.25) is 5.02 Å². The second kappa shape index (κ2) is 9.49. The summed E-state index contributed by atoms with van der Waals surface area (Å²) >= 11 is 6.02. The highest BCUT2D eigenvalue weighted by atomic mass is 35.5. The van der Waals surface area contributed by atoms with Gasteiger partial charge in [0, 0.05) is 34.3 Å². The number of carbonyl (C=O) groups excluding carboxylic acids is 1. The molecule has 0 radical (unpaired) electrons. The molecule has 1 aliphatic rings. The number of ether oxygens (including phenoxy) is 2. The molecule has 0 atom stereocenters. The number of aromatic nitrogens is 1. The third-order valence-electron chi connectivity index (χ3n) is 5.54. The number of benzene rings is 3. The van der Waals surface area contributed by atoms with Crippen LogP contribution in [-0.2, 0) is 13.1 Å². The summed E-state index contributed by atoms with van der Waals surface area (Å²) in [6, 6.07) is 21.6. The Balaban J connectivity index is 1.46. The van der Waals surface area contributed by atoms with Gasteiger partial charge in [-0.3, -0.25) is 4.79 Å². The van der Waals surface area contributed by atoms with Crippen molar-refractivity contribution in [2.75, 3.05) is 18.5 Å². The van der Waals surface area contributed by atoms with E-state index in [2.05, 4.69) is 10.3 Å². The van der Waals surface area contributed by atoms with Crippen molar-refractivity contribution < 1.29 is 14.3 Å². The van der Waals surface area contributed by atoms with Gasteiger partial charge < -0.3 is 24.7 Å². The second-order valence-corrected chi connectivity index (χ2v) is 8.42. The third kappa shape index (κ3) is 4.84.